The van der Waals surface area contributed by atoms with Gasteiger partial charge in [-0.2, -0.15) is 0 Å². The van der Waals surface area contributed by atoms with E-state index in [1.54, 1.807) is 0 Å². The molecule has 22 heavy (non-hydrogen) atoms. The molecule has 0 aliphatic heterocycles. The fourth-order valence-electron chi connectivity index (χ4n) is 2.02. The van der Waals surface area contributed by atoms with Crippen LogP contribution in [-0.2, 0) is 6.54 Å². The molecular weight excluding hydrogens is 389 g/mol. The highest BCUT2D eigenvalue weighted by Gasteiger charge is 2.05. The Morgan fingerprint density at radius 2 is 1.91 bits per heavy atom. The third-order valence-electron chi connectivity index (χ3n) is 3.74. The average Bonchev–Trinajstić information content (AvgIpc) is 2.99. The first kappa shape index (κ1) is 21.2. The van der Waals surface area contributed by atoms with Gasteiger partial charge in [0.15, 0.2) is 5.96 Å². The van der Waals surface area contributed by atoms with Gasteiger partial charge < -0.3 is 20.1 Å². The maximum absolute atomic E-state index is 4.63. The first-order valence-corrected chi connectivity index (χ1v) is 8.00. The largest absolute Gasteiger partial charge is 0.357 e. The summed E-state index contributed by atoms with van der Waals surface area (Å²) in [6, 6.07) is 4.71. The van der Waals surface area contributed by atoms with Crippen molar-refractivity contribution in [2.24, 2.45) is 4.99 Å². The number of aromatic nitrogens is 1. The van der Waals surface area contributed by atoms with Crippen molar-refractivity contribution in [1.29, 1.82) is 0 Å². The van der Waals surface area contributed by atoms with E-state index in [9.17, 15) is 0 Å². The Hall–Kier alpha value is -0.760. The summed E-state index contributed by atoms with van der Waals surface area (Å²) in [5, 5.41) is 6.67. The van der Waals surface area contributed by atoms with Gasteiger partial charge in [0.05, 0.1) is 6.54 Å². The van der Waals surface area contributed by atoms with Gasteiger partial charge in [-0.15, -0.1) is 24.0 Å². The normalized spacial score (nSPS) is 12.9. The summed E-state index contributed by atoms with van der Waals surface area (Å²) in [5.74, 6) is 0.905. The highest BCUT2D eigenvalue weighted by Crippen LogP contribution is 1.98. The van der Waals surface area contributed by atoms with Gasteiger partial charge in [0.1, 0.15) is 0 Å². The topological polar surface area (TPSA) is 44.6 Å². The molecule has 0 spiro atoms. The fourth-order valence-corrected chi connectivity index (χ4v) is 2.02. The molecule has 0 amide bonds. The second kappa shape index (κ2) is 12.8. The molecule has 1 aromatic heterocycles. The van der Waals surface area contributed by atoms with Gasteiger partial charge in [-0.3, -0.25) is 4.99 Å². The van der Waals surface area contributed by atoms with E-state index in [2.05, 4.69) is 65.3 Å². The first-order valence-electron chi connectivity index (χ1n) is 8.00. The highest BCUT2D eigenvalue weighted by molar-refractivity contribution is 14.0. The molecule has 1 atom stereocenters. The number of hydrogen-bond acceptors (Lipinski definition) is 2. The summed E-state index contributed by atoms with van der Waals surface area (Å²) in [4.78, 5) is 6.99. The second-order valence-corrected chi connectivity index (χ2v) is 5.35. The summed E-state index contributed by atoms with van der Waals surface area (Å²) in [7, 11) is 2.16. The zero-order chi connectivity index (χ0) is 15.5. The lowest BCUT2D eigenvalue weighted by Gasteiger charge is -2.22. The van der Waals surface area contributed by atoms with Gasteiger partial charge in [0.25, 0.3) is 0 Å². The third kappa shape index (κ3) is 8.63. The van der Waals surface area contributed by atoms with Gasteiger partial charge >= 0.3 is 0 Å². The molecule has 1 heterocycles. The van der Waals surface area contributed by atoms with Crippen LogP contribution in [0.25, 0.3) is 0 Å². The van der Waals surface area contributed by atoms with Crippen molar-refractivity contribution < 1.29 is 0 Å². The van der Waals surface area contributed by atoms with E-state index in [0.717, 1.165) is 38.7 Å². The van der Waals surface area contributed by atoms with Crippen LogP contribution in [0.3, 0.4) is 0 Å². The van der Waals surface area contributed by atoms with Gasteiger partial charge in [-0.25, -0.2) is 0 Å². The van der Waals surface area contributed by atoms with Crippen molar-refractivity contribution in [3.63, 3.8) is 0 Å². The van der Waals surface area contributed by atoms with Crippen molar-refractivity contribution in [3.8, 4) is 0 Å². The van der Waals surface area contributed by atoms with E-state index in [4.69, 9.17) is 0 Å². The lowest BCUT2D eigenvalue weighted by Crippen LogP contribution is -2.39. The molecule has 0 aromatic carbocycles. The van der Waals surface area contributed by atoms with Crippen molar-refractivity contribution in [2.45, 2.75) is 39.8 Å². The van der Waals surface area contributed by atoms with Crippen LogP contribution < -0.4 is 10.6 Å². The van der Waals surface area contributed by atoms with Crippen LogP contribution >= 0.6 is 24.0 Å². The molecule has 128 valence electrons. The summed E-state index contributed by atoms with van der Waals surface area (Å²) >= 11 is 0. The van der Waals surface area contributed by atoms with Crippen molar-refractivity contribution in [3.05, 3.63) is 24.5 Å². The van der Waals surface area contributed by atoms with Gasteiger partial charge in [-0.05, 0) is 39.4 Å². The third-order valence-corrected chi connectivity index (χ3v) is 3.74. The van der Waals surface area contributed by atoms with E-state index in [-0.39, 0.29) is 24.0 Å². The second-order valence-electron chi connectivity index (χ2n) is 5.35. The van der Waals surface area contributed by atoms with E-state index < -0.39 is 0 Å². The highest BCUT2D eigenvalue weighted by atomic mass is 127. The minimum Gasteiger partial charge on any atom is -0.357 e. The summed E-state index contributed by atoms with van der Waals surface area (Å²) < 4.78 is 2.16. The lowest BCUT2D eigenvalue weighted by atomic mass is 10.2. The molecular formula is C16H32IN5. The van der Waals surface area contributed by atoms with E-state index in [1.807, 2.05) is 12.1 Å². The Kier molecular flexibility index (Phi) is 12.3. The van der Waals surface area contributed by atoms with Crippen LogP contribution in [0.2, 0.25) is 0 Å². The number of rotatable bonds is 9. The SMILES string of the molecule is CCNC(=NCCN(C)C(C)CC)NCCn1cccc1.I. The average molecular weight is 421 g/mol. The lowest BCUT2D eigenvalue weighted by molar-refractivity contribution is 0.259. The smallest absolute Gasteiger partial charge is 0.191 e. The molecule has 0 radical (unpaired) electrons. The van der Waals surface area contributed by atoms with Crippen molar-refractivity contribution in [1.82, 2.24) is 20.1 Å². The summed E-state index contributed by atoms with van der Waals surface area (Å²) in [6.45, 7) is 11.1. The number of nitrogens with zero attached hydrogens (tertiary/aromatic N) is 3. The van der Waals surface area contributed by atoms with E-state index in [0.29, 0.717) is 6.04 Å². The molecule has 0 aliphatic rings. The molecule has 6 heteroatoms. The summed E-state index contributed by atoms with van der Waals surface area (Å²) in [6.07, 6.45) is 5.33. The van der Waals surface area contributed by atoms with Gasteiger partial charge in [0, 0.05) is 44.6 Å². The quantitative estimate of drug-likeness (QED) is 0.366. The Bertz CT molecular complexity index is 391. The van der Waals surface area contributed by atoms with Crippen LogP contribution in [0, 0.1) is 0 Å². The minimum absolute atomic E-state index is 0. The molecule has 0 saturated carbocycles. The van der Waals surface area contributed by atoms with Crippen LogP contribution in [0.1, 0.15) is 27.2 Å². The van der Waals surface area contributed by atoms with Gasteiger partial charge in [0.2, 0.25) is 0 Å². The van der Waals surface area contributed by atoms with Crippen LogP contribution in [0.5, 0.6) is 0 Å². The van der Waals surface area contributed by atoms with Crippen LogP contribution in [0.15, 0.2) is 29.5 Å². The molecule has 1 unspecified atom stereocenters. The standard InChI is InChI=1S/C16H31N5.HI/c1-5-15(3)20(4)13-9-18-16(17-6-2)19-10-14-21-11-7-8-12-21;/h7-8,11-12,15H,5-6,9-10,13-14H2,1-4H3,(H2,17,18,19);1H. The molecule has 0 saturated heterocycles. The van der Waals surface area contributed by atoms with Crippen LogP contribution in [-0.4, -0.2) is 54.7 Å². The Morgan fingerprint density at radius 3 is 2.50 bits per heavy atom. The Labute approximate surface area is 152 Å². The fraction of sp³-hybridized carbons (Fsp3) is 0.688. The number of hydrogen-bond donors (Lipinski definition) is 2. The molecule has 0 fully saturated rings. The molecule has 5 nitrogen and oxygen atoms in total. The monoisotopic (exact) mass is 421 g/mol. The predicted molar refractivity (Wildman–Crippen MR) is 106 cm³/mol. The van der Waals surface area contributed by atoms with E-state index >= 15 is 0 Å². The van der Waals surface area contributed by atoms with Gasteiger partial charge in [-0.1, -0.05) is 6.92 Å². The number of aliphatic imine (C=N–C) groups is 1. The van der Waals surface area contributed by atoms with Crippen molar-refractivity contribution >= 4 is 29.9 Å². The zero-order valence-electron chi connectivity index (χ0n) is 14.4. The minimum atomic E-state index is 0. The first-order chi connectivity index (χ1) is 10.2. The maximum atomic E-state index is 4.63. The summed E-state index contributed by atoms with van der Waals surface area (Å²) in [5.41, 5.74) is 0. The number of likely N-dealkylation sites (N-methyl/N-ethyl adjacent to an activating group) is 1. The number of nitrogens with one attached hydrogen (secondary N) is 2. The maximum Gasteiger partial charge on any atom is 0.191 e. The Balaban J connectivity index is 0.00000441. The van der Waals surface area contributed by atoms with E-state index in [1.165, 1.54) is 6.42 Å². The molecule has 0 bridgehead atoms. The molecule has 0 aliphatic carbocycles. The number of guanidine groups is 1. The van der Waals surface area contributed by atoms with Crippen molar-refractivity contribution in [2.75, 3.05) is 33.2 Å². The molecule has 1 rings (SSSR count). The molecule has 1 aromatic rings. The molecule has 2 N–H and O–H groups in total. The van der Waals surface area contributed by atoms with Crippen LogP contribution in [0.4, 0.5) is 0 Å². The predicted octanol–water partition coefficient (Wildman–Crippen LogP) is 2.39. The number of halogens is 1. The zero-order valence-corrected chi connectivity index (χ0v) is 16.7. The Morgan fingerprint density at radius 1 is 1.23 bits per heavy atom.